The van der Waals surface area contributed by atoms with Crippen molar-refractivity contribution in [3.63, 3.8) is 0 Å². The van der Waals surface area contributed by atoms with Crippen LogP contribution in [0.4, 0.5) is 0 Å². The third-order valence-electron chi connectivity index (χ3n) is 1.75. The van der Waals surface area contributed by atoms with Crippen LogP contribution >= 0.6 is 27.5 Å². The van der Waals surface area contributed by atoms with E-state index >= 15 is 0 Å². The van der Waals surface area contributed by atoms with Crippen LogP contribution in [-0.4, -0.2) is 27.7 Å². The Morgan fingerprint density at radius 2 is 2.40 bits per heavy atom. The van der Waals surface area contributed by atoms with E-state index in [-0.39, 0.29) is 5.69 Å². The van der Waals surface area contributed by atoms with Gasteiger partial charge in [-0.25, -0.2) is 14.3 Å². The van der Waals surface area contributed by atoms with E-state index in [4.69, 9.17) is 11.6 Å². The largest absolute Gasteiger partial charge is 0.464 e. The van der Waals surface area contributed by atoms with E-state index in [9.17, 15) is 4.79 Å². The lowest BCUT2D eigenvalue weighted by atomic mass is 10.5. The molecule has 15 heavy (non-hydrogen) atoms. The first kappa shape index (κ1) is 10.4. The molecule has 0 bridgehead atoms. The molecule has 0 saturated carbocycles. The maximum Gasteiger partial charge on any atom is 0.358 e. The lowest BCUT2D eigenvalue weighted by Crippen LogP contribution is -2.00. The topological polar surface area (TPSA) is 56.5 Å². The maximum atomic E-state index is 11.2. The number of rotatable bonds is 1. The van der Waals surface area contributed by atoms with Gasteiger partial charge in [0.05, 0.1) is 17.8 Å². The van der Waals surface area contributed by atoms with Crippen molar-refractivity contribution in [2.24, 2.45) is 0 Å². The van der Waals surface area contributed by atoms with E-state index in [0.717, 1.165) is 0 Å². The second kappa shape index (κ2) is 3.79. The number of fused-ring (bicyclic) bond motifs is 1. The molecule has 0 fully saturated rings. The zero-order valence-electron chi connectivity index (χ0n) is 7.57. The molecule has 2 heterocycles. The summed E-state index contributed by atoms with van der Waals surface area (Å²) in [5.41, 5.74) is 0.702. The molecule has 2 rings (SSSR count). The molecule has 0 unspecified atom stereocenters. The van der Waals surface area contributed by atoms with Gasteiger partial charge in [0, 0.05) is 0 Å². The number of imidazole rings is 1. The Balaban J connectivity index is 2.65. The predicted octanol–water partition coefficient (Wildman–Crippen LogP) is 1.93. The highest BCUT2D eigenvalue weighted by Gasteiger charge is 2.13. The van der Waals surface area contributed by atoms with Crippen molar-refractivity contribution in [3.8, 4) is 0 Å². The number of carbonyl (C=O) groups excluding carboxylic acids is 1. The number of carbonyl (C=O) groups is 1. The van der Waals surface area contributed by atoms with Gasteiger partial charge in [-0.15, -0.1) is 0 Å². The minimum Gasteiger partial charge on any atom is -0.464 e. The van der Waals surface area contributed by atoms with E-state index in [0.29, 0.717) is 15.3 Å². The molecule has 0 aliphatic carbocycles. The molecule has 2 aromatic heterocycles. The second-order valence-electron chi connectivity index (χ2n) is 2.70. The molecule has 78 valence electrons. The summed E-state index contributed by atoms with van der Waals surface area (Å²) < 4.78 is 6.62. The minimum absolute atomic E-state index is 0.188. The first-order chi connectivity index (χ1) is 7.11. The van der Waals surface area contributed by atoms with Crippen molar-refractivity contribution in [2.45, 2.75) is 0 Å². The summed E-state index contributed by atoms with van der Waals surface area (Å²) in [7, 11) is 1.29. The van der Waals surface area contributed by atoms with Crippen LogP contribution in [0, 0.1) is 0 Å². The maximum absolute atomic E-state index is 11.2. The van der Waals surface area contributed by atoms with Crippen molar-refractivity contribution >= 4 is 39.1 Å². The number of ether oxygens (including phenoxy) is 1. The van der Waals surface area contributed by atoms with Crippen LogP contribution in [0.25, 0.3) is 5.65 Å². The van der Waals surface area contributed by atoms with Crippen LogP contribution in [0.1, 0.15) is 10.5 Å². The van der Waals surface area contributed by atoms with E-state index < -0.39 is 5.97 Å². The highest BCUT2D eigenvalue weighted by atomic mass is 79.9. The number of esters is 1. The van der Waals surface area contributed by atoms with Gasteiger partial charge in [-0.1, -0.05) is 11.6 Å². The van der Waals surface area contributed by atoms with Crippen LogP contribution in [0.3, 0.4) is 0 Å². The van der Waals surface area contributed by atoms with Gasteiger partial charge in [0.1, 0.15) is 0 Å². The van der Waals surface area contributed by atoms with Gasteiger partial charge in [0.25, 0.3) is 0 Å². The third kappa shape index (κ3) is 1.82. The van der Waals surface area contributed by atoms with E-state index in [2.05, 4.69) is 30.7 Å². The Labute approximate surface area is 98.1 Å². The summed E-state index contributed by atoms with van der Waals surface area (Å²) in [6, 6.07) is 1.60. The molecule has 0 saturated heterocycles. The lowest BCUT2D eigenvalue weighted by molar-refractivity contribution is 0.0595. The summed E-state index contributed by atoms with van der Waals surface area (Å²) >= 11 is 9.01. The van der Waals surface area contributed by atoms with Crippen molar-refractivity contribution in [1.82, 2.24) is 14.6 Å². The number of aromatic nitrogens is 3. The monoisotopic (exact) mass is 289 g/mol. The fourth-order valence-electron chi connectivity index (χ4n) is 1.11. The van der Waals surface area contributed by atoms with Crippen LogP contribution in [0.5, 0.6) is 0 Å². The van der Waals surface area contributed by atoms with E-state index in [1.165, 1.54) is 17.8 Å². The molecule has 7 heteroatoms. The van der Waals surface area contributed by atoms with Gasteiger partial charge < -0.3 is 4.74 Å². The molecule has 0 amide bonds. The van der Waals surface area contributed by atoms with Crippen LogP contribution in [-0.2, 0) is 4.74 Å². The van der Waals surface area contributed by atoms with Crippen LogP contribution < -0.4 is 0 Å². The Bertz CT molecular complexity index is 540. The van der Waals surface area contributed by atoms with Gasteiger partial charge in [0.15, 0.2) is 16.5 Å². The van der Waals surface area contributed by atoms with Crippen molar-refractivity contribution in [1.29, 1.82) is 0 Å². The zero-order chi connectivity index (χ0) is 11.0. The molecule has 5 nitrogen and oxygen atoms in total. The summed E-state index contributed by atoms with van der Waals surface area (Å²) in [6.07, 6.45) is 1.46. The second-order valence-corrected chi connectivity index (χ2v) is 3.94. The highest BCUT2D eigenvalue weighted by molar-refractivity contribution is 9.10. The smallest absolute Gasteiger partial charge is 0.358 e. The average molecular weight is 291 g/mol. The third-order valence-corrected chi connectivity index (χ3v) is 2.51. The molecule has 0 aromatic carbocycles. The summed E-state index contributed by atoms with van der Waals surface area (Å²) in [5, 5.41) is 4.26. The Morgan fingerprint density at radius 1 is 1.67 bits per heavy atom. The molecule has 0 aliphatic heterocycles. The predicted molar refractivity (Wildman–Crippen MR) is 57.0 cm³/mol. The fourth-order valence-corrected chi connectivity index (χ4v) is 1.92. The van der Waals surface area contributed by atoms with Gasteiger partial charge in [-0.2, -0.15) is 5.10 Å². The minimum atomic E-state index is -0.511. The van der Waals surface area contributed by atoms with E-state index in [1.54, 1.807) is 6.07 Å². The molecule has 2 aromatic rings. The standard InChI is InChI=1S/C8H5BrClN3O2/c1-15-8(14)5-3-13-7(11-5)4(9)2-6(10)12-13/h2-3H,1H3. The van der Waals surface area contributed by atoms with Crippen molar-refractivity contribution in [3.05, 3.63) is 27.6 Å². The normalized spacial score (nSPS) is 10.6. The zero-order valence-corrected chi connectivity index (χ0v) is 9.91. The quantitative estimate of drug-likeness (QED) is 0.753. The average Bonchev–Trinajstić information content (AvgIpc) is 2.60. The number of halogens is 2. The van der Waals surface area contributed by atoms with E-state index in [1.807, 2.05) is 0 Å². The summed E-state index contributed by atoms with van der Waals surface area (Å²) in [4.78, 5) is 15.2. The molecule has 0 radical (unpaired) electrons. The van der Waals surface area contributed by atoms with Gasteiger partial charge in [0.2, 0.25) is 0 Å². The van der Waals surface area contributed by atoms with Crippen LogP contribution in [0.2, 0.25) is 5.15 Å². The van der Waals surface area contributed by atoms with Gasteiger partial charge in [-0.3, -0.25) is 0 Å². The fraction of sp³-hybridized carbons (Fsp3) is 0.125. The number of hydrogen-bond acceptors (Lipinski definition) is 4. The summed E-state index contributed by atoms with van der Waals surface area (Å²) in [5.74, 6) is -0.511. The Morgan fingerprint density at radius 3 is 3.07 bits per heavy atom. The van der Waals surface area contributed by atoms with Crippen molar-refractivity contribution < 1.29 is 9.53 Å². The van der Waals surface area contributed by atoms with Gasteiger partial charge >= 0.3 is 5.97 Å². The Kier molecular flexibility index (Phi) is 2.62. The van der Waals surface area contributed by atoms with Crippen molar-refractivity contribution in [2.75, 3.05) is 7.11 Å². The number of methoxy groups -OCH3 is 1. The Hall–Kier alpha value is -1.14. The SMILES string of the molecule is COC(=O)c1cn2nc(Cl)cc(Br)c2n1. The van der Waals surface area contributed by atoms with Gasteiger partial charge in [-0.05, 0) is 22.0 Å². The molecule has 0 N–H and O–H groups in total. The molecular weight excluding hydrogens is 285 g/mol. The lowest BCUT2D eigenvalue weighted by Gasteiger charge is -1.94. The first-order valence-electron chi connectivity index (χ1n) is 3.91. The highest BCUT2D eigenvalue weighted by Crippen LogP contribution is 2.20. The van der Waals surface area contributed by atoms with Crippen LogP contribution in [0.15, 0.2) is 16.7 Å². The number of hydrogen-bond donors (Lipinski definition) is 0. The summed E-state index contributed by atoms with van der Waals surface area (Å²) in [6.45, 7) is 0. The molecule has 0 spiro atoms. The molecule has 0 atom stereocenters. The molecule has 0 aliphatic rings. The molecular formula is C8H5BrClN3O2. The number of nitrogens with zero attached hydrogens (tertiary/aromatic N) is 3. The first-order valence-corrected chi connectivity index (χ1v) is 5.08.